The van der Waals surface area contributed by atoms with Crippen molar-refractivity contribution in [2.75, 3.05) is 0 Å². The lowest BCUT2D eigenvalue weighted by Crippen LogP contribution is -2.70. The minimum Gasteiger partial charge on any atom is -0.325 e. The Labute approximate surface area is 105 Å². The molecule has 0 aromatic heterocycles. The maximum atomic E-state index is 6.69. The average molecular weight is 242 g/mol. The zero-order valence-corrected chi connectivity index (χ0v) is 11.7. The van der Waals surface area contributed by atoms with Crippen molar-refractivity contribution in [1.29, 1.82) is 0 Å². The lowest BCUT2D eigenvalue weighted by molar-refractivity contribution is -0.283. The maximum absolute atomic E-state index is 6.69. The number of hydrogen-bond donors (Lipinski definition) is 1. The molecule has 6 bridgehead atoms. The van der Waals surface area contributed by atoms with E-state index in [2.05, 4.69) is 27.7 Å². The van der Waals surface area contributed by atoms with Crippen LogP contribution in [0.3, 0.4) is 0 Å². The standard InChI is InChI=1S/C14H23N.ClH/c1-10-5-9-6-11(10,2)13(4)8-14(9,15)7-12(10,13)3;/h9H,5-8,15H2,1-4H3;1H. The van der Waals surface area contributed by atoms with Crippen molar-refractivity contribution >= 4 is 12.4 Å². The van der Waals surface area contributed by atoms with E-state index in [1.165, 1.54) is 25.7 Å². The predicted octanol–water partition coefficient (Wildman–Crippen LogP) is 3.36. The summed E-state index contributed by atoms with van der Waals surface area (Å²) in [5.41, 5.74) is 9.16. The second-order valence-corrected chi connectivity index (χ2v) is 8.02. The van der Waals surface area contributed by atoms with Crippen LogP contribution in [0.2, 0.25) is 0 Å². The summed E-state index contributed by atoms with van der Waals surface area (Å²) in [4.78, 5) is 0. The van der Waals surface area contributed by atoms with E-state index in [0.29, 0.717) is 21.7 Å². The molecular weight excluding hydrogens is 218 g/mol. The Bertz CT molecular complexity index is 362. The molecule has 5 aliphatic carbocycles. The maximum Gasteiger partial charge on any atom is 0.0194 e. The quantitative estimate of drug-likeness (QED) is 0.692. The molecule has 16 heavy (non-hydrogen) atoms. The lowest BCUT2D eigenvalue weighted by atomic mass is 9.28. The second kappa shape index (κ2) is 2.23. The summed E-state index contributed by atoms with van der Waals surface area (Å²) in [6, 6.07) is 0. The van der Waals surface area contributed by atoms with E-state index in [4.69, 9.17) is 5.73 Å². The first-order valence-corrected chi connectivity index (χ1v) is 6.52. The van der Waals surface area contributed by atoms with Gasteiger partial charge in [0.2, 0.25) is 0 Å². The summed E-state index contributed by atoms with van der Waals surface area (Å²) in [5.74, 6) is 0.830. The second-order valence-electron chi connectivity index (χ2n) is 8.02. The van der Waals surface area contributed by atoms with Crippen LogP contribution < -0.4 is 5.73 Å². The van der Waals surface area contributed by atoms with Crippen LogP contribution in [0.4, 0.5) is 0 Å². The summed E-state index contributed by atoms with van der Waals surface area (Å²) >= 11 is 0. The Morgan fingerprint density at radius 3 is 1.56 bits per heavy atom. The molecule has 0 aliphatic heterocycles. The molecule has 0 amide bonds. The first-order chi connectivity index (χ1) is 6.73. The van der Waals surface area contributed by atoms with E-state index < -0.39 is 0 Å². The van der Waals surface area contributed by atoms with Crippen LogP contribution in [0.1, 0.15) is 53.4 Å². The molecule has 5 rings (SSSR count). The Morgan fingerprint density at radius 2 is 1.19 bits per heavy atom. The van der Waals surface area contributed by atoms with E-state index in [1.54, 1.807) is 0 Å². The summed E-state index contributed by atoms with van der Waals surface area (Å²) in [6.07, 6.45) is 5.42. The largest absolute Gasteiger partial charge is 0.325 e. The minimum atomic E-state index is 0. The summed E-state index contributed by atoms with van der Waals surface area (Å²) in [6.45, 7) is 10.2. The van der Waals surface area contributed by atoms with Crippen molar-refractivity contribution in [3.05, 3.63) is 0 Å². The molecule has 0 spiro atoms. The molecule has 2 heteroatoms. The van der Waals surface area contributed by atoms with Gasteiger partial charge in [-0.1, -0.05) is 27.7 Å². The van der Waals surface area contributed by atoms with Crippen LogP contribution in [-0.2, 0) is 0 Å². The van der Waals surface area contributed by atoms with Crippen LogP contribution in [0.25, 0.3) is 0 Å². The Balaban J connectivity index is 0.000000810. The molecule has 5 fully saturated rings. The number of halogens is 1. The van der Waals surface area contributed by atoms with Crippen molar-refractivity contribution in [3.8, 4) is 0 Å². The predicted molar refractivity (Wildman–Crippen MR) is 68.6 cm³/mol. The molecular formula is C14H24ClN. The fraction of sp³-hybridized carbons (Fsp3) is 1.00. The number of nitrogens with two attached hydrogens (primary N) is 1. The molecule has 0 radical (unpaired) electrons. The van der Waals surface area contributed by atoms with Crippen LogP contribution in [0.5, 0.6) is 0 Å². The van der Waals surface area contributed by atoms with Crippen LogP contribution >= 0.6 is 12.4 Å². The molecule has 1 nitrogen and oxygen atoms in total. The molecule has 0 heterocycles. The monoisotopic (exact) mass is 241 g/mol. The highest BCUT2D eigenvalue weighted by Gasteiger charge is 2.90. The normalized spacial score (nSPS) is 73.7. The third kappa shape index (κ3) is 0.606. The molecule has 5 aliphatic rings. The van der Waals surface area contributed by atoms with Gasteiger partial charge in [-0.3, -0.25) is 0 Å². The molecule has 0 aromatic carbocycles. The molecule has 4 unspecified atom stereocenters. The van der Waals surface area contributed by atoms with Crippen LogP contribution in [0, 0.1) is 27.6 Å². The highest BCUT2D eigenvalue weighted by atomic mass is 35.5. The summed E-state index contributed by atoms with van der Waals surface area (Å²) in [7, 11) is 0. The van der Waals surface area contributed by atoms with Crippen molar-refractivity contribution in [1.82, 2.24) is 0 Å². The average Bonchev–Trinajstić information content (AvgIpc) is 2.42. The highest BCUT2D eigenvalue weighted by molar-refractivity contribution is 5.85. The van der Waals surface area contributed by atoms with Crippen molar-refractivity contribution < 1.29 is 0 Å². The Hall–Kier alpha value is 0.250. The van der Waals surface area contributed by atoms with E-state index in [-0.39, 0.29) is 17.9 Å². The van der Waals surface area contributed by atoms with E-state index in [0.717, 1.165) is 5.92 Å². The molecule has 2 N–H and O–H groups in total. The van der Waals surface area contributed by atoms with Crippen LogP contribution in [-0.4, -0.2) is 5.54 Å². The van der Waals surface area contributed by atoms with Gasteiger partial charge in [0.1, 0.15) is 0 Å². The van der Waals surface area contributed by atoms with Crippen molar-refractivity contribution in [2.45, 2.75) is 58.9 Å². The first kappa shape index (κ1) is 11.3. The van der Waals surface area contributed by atoms with E-state index >= 15 is 0 Å². The molecule has 4 atom stereocenters. The molecule has 0 saturated heterocycles. The Kier molecular flexibility index (Phi) is 1.58. The van der Waals surface area contributed by atoms with Gasteiger partial charge in [0, 0.05) is 5.54 Å². The van der Waals surface area contributed by atoms with Gasteiger partial charge in [-0.2, -0.15) is 0 Å². The Morgan fingerprint density at radius 1 is 0.812 bits per heavy atom. The fourth-order valence-corrected chi connectivity index (χ4v) is 7.19. The van der Waals surface area contributed by atoms with Gasteiger partial charge in [0.05, 0.1) is 0 Å². The third-order valence-electron chi connectivity index (χ3n) is 8.36. The van der Waals surface area contributed by atoms with E-state index in [9.17, 15) is 0 Å². The fourth-order valence-electron chi connectivity index (χ4n) is 7.19. The van der Waals surface area contributed by atoms with Gasteiger partial charge in [-0.15, -0.1) is 12.4 Å². The zero-order valence-electron chi connectivity index (χ0n) is 10.9. The smallest absolute Gasteiger partial charge is 0.0194 e. The van der Waals surface area contributed by atoms with Crippen molar-refractivity contribution in [3.63, 3.8) is 0 Å². The SMILES string of the molecule is CC12CC3CC1(C)C1(C)CC3(N)CC21C.Cl. The van der Waals surface area contributed by atoms with Crippen LogP contribution in [0.15, 0.2) is 0 Å². The van der Waals surface area contributed by atoms with Gasteiger partial charge in [0.25, 0.3) is 0 Å². The third-order valence-corrected chi connectivity index (χ3v) is 8.36. The van der Waals surface area contributed by atoms with Crippen molar-refractivity contribution in [2.24, 2.45) is 33.3 Å². The highest BCUT2D eigenvalue weighted by Crippen LogP contribution is 2.94. The molecule has 0 aromatic rings. The van der Waals surface area contributed by atoms with Gasteiger partial charge < -0.3 is 5.73 Å². The van der Waals surface area contributed by atoms with Gasteiger partial charge in [-0.25, -0.2) is 0 Å². The topological polar surface area (TPSA) is 26.0 Å². The zero-order chi connectivity index (χ0) is 10.9. The van der Waals surface area contributed by atoms with Gasteiger partial charge >= 0.3 is 0 Å². The minimum absolute atomic E-state index is 0. The van der Waals surface area contributed by atoms with Gasteiger partial charge in [-0.05, 0) is 53.3 Å². The lowest BCUT2D eigenvalue weighted by Gasteiger charge is -2.76. The number of rotatable bonds is 0. The first-order valence-electron chi connectivity index (χ1n) is 6.52. The van der Waals surface area contributed by atoms with Gasteiger partial charge in [0.15, 0.2) is 0 Å². The summed E-state index contributed by atoms with van der Waals surface area (Å²) < 4.78 is 0. The summed E-state index contributed by atoms with van der Waals surface area (Å²) in [5, 5.41) is 0. The molecule has 92 valence electrons. The number of hydrogen-bond acceptors (Lipinski definition) is 1. The molecule has 5 saturated carbocycles. The van der Waals surface area contributed by atoms with E-state index in [1.807, 2.05) is 0 Å².